The molecule has 0 atom stereocenters. The van der Waals surface area contributed by atoms with Gasteiger partial charge in [-0.05, 0) is 26.8 Å². The molecule has 3 heteroatoms. The first-order valence-electron chi connectivity index (χ1n) is 6.70. The van der Waals surface area contributed by atoms with Gasteiger partial charge in [-0.25, -0.2) is 0 Å². The molecule has 0 bridgehead atoms. The van der Waals surface area contributed by atoms with Crippen molar-refractivity contribution >= 4 is 0 Å². The van der Waals surface area contributed by atoms with Crippen LogP contribution in [0.2, 0.25) is 0 Å². The highest BCUT2D eigenvalue weighted by molar-refractivity contribution is 4.84. The van der Waals surface area contributed by atoms with Gasteiger partial charge in [0.15, 0.2) is 0 Å². The lowest BCUT2D eigenvalue weighted by molar-refractivity contribution is -0.0500. The Hall–Kier alpha value is -0.120. The lowest BCUT2D eigenvalue weighted by atomic mass is 10.0. The molecule has 1 N–H and O–H groups in total. The first kappa shape index (κ1) is 13.9. The maximum absolute atomic E-state index is 5.51. The quantitative estimate of drug-likeness (QED) is 0.673. The zero-order chi connectivity index (χ0) is 11.9. The van der Waals surface area contributed by atoms with E-state index in [1.165, 1.54) is 25.8 Å². The fraction of sp³-hybridized carbons (Fsp3) is 1.00. The fourth-order valence-corrected chi connectivity index (χ4v) is 2.14. The van der Waals surface area contributed by atoms with E-state index in [4.69, 9.17) is 4.74 Å². The molecular formula is C13H28N2O. The SMILES string of the molecule is CCCCCNCCN1CCOCC1(C)C. The Bertz CT molecular complexity index is 183. The van der Waals surface area contributed by atoms with Crippen LogP contribution < -0.4 is 5.32 Å². The second-order valence-corrected chi connectivity index (χ2v) is 5.31. The standard InChI is InChI=1S/C13H28N2O/c1-4-5-6-7-14-8-9-15-10-11-16-12-13(15,2)3/h14H,4-12H2,1-3H3. The van der Waals surface area contributed by atoms with Crippen molar-refractivity contribution in [3.63, 3.8) is 0 Å². The van der Waals surface area contributed by atoms with E-state index in [2.05, 4.69) is 31.0 Å². The van der Waals surface area contributed by atoms with Crippen LogP contribution in [0.1, 0.15) is 40.0 Å². The van der Waals surface area contributed by atoms with Gasteiger partial charge in [-0.1, -0.05) is 19.8 Å². The normalized spacial score (nSPS) is 21.2. The second-order valence-electron chi connectivity index (χ2n) is 5.31. The van der Waals surface area contributed by atoms with Crippen molar-refractivity contribution in [3.05, 3.63) is 0 Å². The summed E-state index contributed by atoms with van der Waals surface area (Å²) < 4.78 is 5.51. The van der Waals surface area contributed by atoms with Crippen LogP contribution in [0.15, 0.2) is 0 Å². The van der Waals surface area contributed by atoms with Crippen LogP contribution in [-0.4, -0.2) is 49.8 Å². The number of rotatable bonds is 7. The highest BCUT2D eigenvalue weighted by Gasteiger charge is 2.29. The number of hydrogen-bond acceptors (Lipinski definition) is 3. The summed E-state index contributed by atoms with van der Waals surface area (Å²) in [6.07, 6.45) is 3.96. The number of morpholine rings is 1. The summed E-state index contributed by atoms with van der Waals surface area (Å²) in [4.78, 5) is 2.53. The predicted octanol–water partition coefficient (Wildman–Crippen LogP) is 1.88. The molecule has 0 unspecified atom stereocenters. The first-order valence-corrected chi connectivity index (χ1v) is 6.70. The fourth-order valence-electron chi connectivity index (χ4n) is 2.14. The molecule has 3 nitrogen and oxygen atoms in total. The minimum Gasteiger partial charge on any atom is -0.378 e. The predicted molar refractivity (Wildman–Crippen MR) is 68.9 cm³/mol. The minimum absolute atomic E-state index is 0.212. The molecule has 0 aliphatic carbocycles. The topological polar surface area (TPSA) is 24.5 Å². The van der Waals surface area contributed by atoms with E-state index >= 15 is 0 Å². The van der Waals surface area contributed by atoms with Gasteiger partial charge in [0, 0.05) is 25.2 Å². The molecule has 0 spiro atoms. The van der Waals surface area contributed by atoms with Gasteiger partial charge in [0.2, 0.25) is 0 Å². The highest BCUT2D eigenvalue weighted by Crippen LogP contribution is 2.17. The number of nitrogens with zero attached hydrogens (tertiary/aromatic N) is 1. The summed E-state index contributed by atoms with van der Waals surface area (Å²) in [6, 6.07) is 0. The molecule has 1 aliphatic heterocycles. The molecule has 16 heavy (non-hydrogen) atoms. The largest absolute Gasteiger partial charge is 0.378 e. The zero-order valence-electron chi connectivity index (χ0n) is 11.2. The van der Waals surface area contributed by atoms with Crippen LogP contribution in [0.25, 0.3) is 0 Å². The number of hydrogen-bond donors (Lipinski definition) is 1. The van der Waals surface area contributed by atoms with Crippen molar-refractivity contribution < 1.29 is 4.74 Å². The Kier molecular flexibility index (Phi) is 6.32. The third-order valence-corrected chi connectivity index (χ3v) is 3.33. The molecule has 1 rings (SSSR count). The molecule has 0 aromatic heterocycles. The van der Waals surface area contributed by atoms with E-state index < -0.39 is 0 Å². The van der Waals surface area contributed by atoms with Crippen LogP contribution >= 0.6 is 0 Å². The van der Waals surface area contributed by atoms with E-state index in [-0.39, 0.29) is 5.54 Å². The summed E-state index contributed by atoms with van der Waals surface area (Å²) >= 11 is 0. The third-order valence-electron chi connectivity index (χ3n) is 3.33. The van der Waals surface area contributed by atoms with E-state index in [1.54, 1.807) is 0 Å². The van der Waals surface area contributed by atoms with Crippen molar-refractivity contribution in [3.8, 4) is 0 Å². The molecule has 1 aliphatic rings. The van der Waals surface area contributed by atoms with Crippen molar-refractivity contribution in [1.82, 2.24) is 10.2 Å². The third kappa shape index (κ3) is 4.81. The van der Waals surface area contributed by atoms with Gasteiger partial charge >= 0.3 is 0 Å². The van der Waals surface area contributed by atoms with Crippen molar-refractivity contribution in [2.75, 3.05) is 39.4 Å². The van der Waals surface area contributed by atoms with Crippen LogP contribution in [0.3, 0.4) is 0 Å². The van der Waals surface area contributed by atoms with Gasteiger partial charge in [0.05, 0.1) is 13.2 Å². The Balaban J connectivity index is 2.07. The van der Waals surface area contributed by atoms with Gasteiger partial charge in [0.1, 0.15) is 0 Å². The molecule has 1 fully saturated rings. The van der Waals surface area contributed by atoms with Crippen molar-refractivity contribution in [1.29, 1.82) is 0 Å². The molecule has 0 radical (unpaired) electrons. The van der Waals surface area contributed by atoms with Gasteiger partial charge in [-0.2, -0.15) is 0 Å². The zero-order valence-corrected chi connectivity index (χ0v) is 11.2. The Morgan fingerprint density at radius 1 is 1.25 bits per heavy atom. The molecule has 0 aromatic carbocycles. The van der Waals surface area contributed by atoms with Gasteiger partial charge in [-0.3, -0.25) is 4.90 Å². The van der Waals surface area contributed by atoms with Crippen LogP contribution in [0, 0.1) is 0 Å². The maximum Gasteiger partial charge on any atom is 0.0645 e. The molecule has 96 valence electrons. The van der Waals surface area contributed by atoms with Crippen LogP contribution in [0.4, 0.5) is 0 Å². The molecule has 1 heterocycles. The molecule has 0 saturated carbocycles. The smallest absolute Gasteiger partial charge is 0.0645 e. The Labute approximate surface area is 101 Å². The van der Waals surface area contributed by atoms with E-state index in [9.17, 15) is 0 Å². The molecule has 1 saturated heterocycles. The van der Waals surface area contributed by atoms with Crippen LogP contribution in [-0.2, 0) is 4.74 Å². The summed E-state index contributed by atoms with van der Waals surface area (Å²) in [5.41, 5.74) is 0.212. The monoisotopic (exact) mass is 228 g/mol. The molecule has 0 amide bonds. The first-order chi connectivity index (χ1) is 7.67. The summed E-state index contributed by atoms with van der Waals surface area (Å²) in [5, 5.41) is 3.52. The van der Waals surface area contributed by atoms with Gasteiger partial charge in [0.25, 0.3) is 0 Å². The molecule has 0 aromatic rings. The average Bonchev–Trinajstić information content (AvgIpc) is 2.25. The Morgan fingerprint density at radius 3 is 2.75 bits per heavy atom. The van der Waals surface area contributed by atoms with E-state index in [0.717, 1.165) is 32.8 Å². The summed E-state index contributed by atoms with van der Waals surface area (Å²) in [5.74, 6) is 0. The van der Waals surface area contributed by atoms with Crippen molar-refractivity contribution in [2.24, 2.45) is 0 Å². The second kappa shape index (κ2) is 7.25. The molecular weight excluding hydrogens is 200 g/mol. The average molecular weight is 228 g/mol. The van der Waals surface area contributed by atoms with Gasteiger partial charge < -0.3 is 10.1 Å². The number of unbranched alkanes of at least 4 members (excludes halogenated alkanes) is 2. The van der Waals surface area contributed by atoms with Crippen LogP contribution in [0.5, 0.6) is 0 Å². The summed E-state index contributed by atoms with van der Waals surface area (Å²) in [7, 11) is 0. The van der Waals surface area contributed by atoms with E-state index in [1.807, 2.05) is 0 Å². The van der Waals surface area contributed by atoms with E-state index in [0.29, 0.717) is 0 Å². The maximum atomic E-state index is 5.51. The Morgan fingerprint density at radius 2 is 2.06 bits per heavy atom. The minimum atomic E-state index is 0.212. The van der Waals surface area contributed by atoms with Crippen molar-refractivity contribution in [2.45, 2.75) is 45.6 Å². The summed E-state index contributed by atoms with van der Waals surface area (Å²) in [6.45, 7) is 13.0. The lowest BCUT2D eigenvalue weighted by Crippen LogP contribution is -2.54. The lowest BCUT2D eigenvalue weighted by Gasteiger charge is -2.42. The number of ether oxygens (including phenoxy) is 1. The van der Waals surface area contributed by atoms with Gasteiger partial charge in [-0.15, -0.1) is 0 Å². The number of nitrogens with one attached hydrogen (secondary N) is 1. The highest BCUT2D eigenvalue weighted by atomic mass is 16.5.